The fourth-order valence-electron chi connectivity index (χ4n) is 2.97. The van der Waals surface area contributed by atoms with Gasteiger partial charge in [-0.1, -0.05) is 28.1 Å². The number of fused-ring (bicyclic) bond motifs is 1. The average molecular weight is 429 g/mol. The number of hydrogen-bond acceptors (Lipinski definition) is 3. The Kier molecular flexibility index (Phi) is 4.49. The van der Waals surface area contributed by atoms with Crippen LogP contribution in [0.15, 0.2) is 59.2 Å². The van der Waals surface area contributed by atoms with Crippen molar-refractivity contribution in [3.63, 3.8) is 0 Å². The Morgan fingerprint density at radius 2 is 1.89 bits per heavy atom. The molecule has 2 N–H and O–H groups in total. The van der Waals surface area contributed by atoms with Crippen LogP contribution in [-0.2, 0) is 9.59 Å². The lowest BCUT2D eigenvalue weighted by Crippen LogP contribution is -2.23. The Labute approximate surface area is 162 Å². The maximum absolute atomic E-state index is 13.1. The van der Waals surface area contributed by atoms with E-state index < -0.39 is 6.04 Å². The Hall–Kier alpha value is -3.00. The molecule has 0 fully saturated rings. The first-order valence-electron chi connectivity index (χ1n) is 8.21. The third-order valence-corrected chi connectivity index (χ3v) is 4.83. The van der Waals surface area contributed by atoms with Crippen molar-refractivity contribution < 1.29 is 14.0 Å². The molecule has 0 saturated heterocycles. The normalized spacial score (nSPS) is 15.3. The van der Waals surface area contributed by atoms with Gasteiger partial charge in [0.1, 0.15) is 17.7 Å². The minimum absolute atomic E-state index is 0.0422. The Balaban J connectivity index is 1.52. The highest BCUT2D eigenvalue weighted by molar-refractivity contribution is 9.10. The molecule has 0 aliphatic carbocycles. The molecule has 0 bridgehead atoms. The van der Waals surface area contributed by atoms with Gasteiger partial charge in [0.25, 0.3) is 5.91 Å². The van der Waals surface area contributed by atoms with E-state index in [1.54, 1.807) is 30.5 Å². The molecular formula is C19H14BrFN4O2. The van der Waals surface area contributed by atoms with Gasteiger partial charge in [-0.25, -0.2) is 9.07 Å². The molecule has 0 spiro atoms. The second-order valence-electron chi connectivity index (χ2n) is 6.12. The summed E-state index contributed by atoms with van der Waals surface area (Å²) in [5.74, 6) is -0.418. The molecule has 4 rings (SSSR count). The summed E-state index contributed by atoms with van der Waals surface area (Å²) in [6.07, 6.45) is 1.56. The first-order chi connectivity index (χ1) is 13.0. The van der Waals surface area contributed by atoms with Crippen LogP contribution in [0, 0.1) is 5.82 Å². The number of hydrogen-bond donors (Lipinski definition) is 2. The average Bonchev–Trinajstić information content (AvgIpc) is 3.18. The highest BCUT2D eigenvalue weighted by Gasteiger charge is 2.35. The van der Waals surface area contributed by atoms with Crippen LogP contribution < -0.4 is 10.6 Å². The predicted octanol–water partition coefficient (Wildman–Crippen LogP) is 3.97. The maximum atomic E-state index is 13.1. The summed E-state index contributed by atoms with van der Waals surface area (Å²) in [7, 11) is 0. The van der Waals surface area contributed by atoms with Gasteiger partial charge in [-0.2, -0.15) is 5.10 Å². The number of anilines is 2. The zero-order valence-electron chi connectivity index (χ0n) is 13.9. The zero-order valence-corrected chi connectivity index (χ0v) is 15.5. The smallest absolute Gasteiger partial charge is 0.251 e. The Morgan fingerprint density at radius 1 is 1.19 bits per heavy atom. The van der Waals surface area contributed by atoms with E-state index >= 15 is 0 Å². The third kappa shape index (κ3) is 3.48. The molecule has 1 aliphatic heterocycles. The summed E-state index contributed by atoms with van der Waals surface area (Å²) < 4.78 is 15.5. The van der Waals surface area contributed by atoms with Crippen molar-refractivity contribution in [3.8, 4) is 11.1 Å². The van der Waals surface area contributed by atoms with Gasteiger partial charge < -0.3 is 10.6 Å². The zero-order chi connectivity index (χ0) is 19.0. The predicted molar refractivity (Wildman–Crippen MR) is 103 cm³/mol. The highest BCUT2D eigenvalue weighted by atomic mass is 79.9. The SMILES string of the molecule is O=C(CC1C(=O)Nc2c(-c3ccc(F)cc3)cnn21)Nc1ccc(Br)cc1. The highest BCUT2D eigenvalue weighted by Crippen LogP contribution is 2.35. The van der Waals surface area contributed by atoms with Gasteiger partial charge in [0.05, 0.1) is 12.6 Å². The molecule has 2 heterocycles. The van der Waals surface area contributed by atoms with E-state index in [1.807, 2.05) is 12.1 Å². The summed E-state index contributed by atoms with van der Waals surface area (Å²) in [6.45, 7) is 0. The Morgan fingerprint density at radius 3 is 2.59 bits per heavy atom. The molecule has 1 atom stereocenters. The molecule has 1 aliphatic rings. The lowest BCUT2D eigenvalue weighted by molar-refractivity contribution is -0.123. The van der Waals surface area contributed by atoms with E-state index in [2.05, 4.69) is 31.7 Å². The molecule has 2 amide bonds. The van der Waals surface area contributed by atoms with Crippen LogP contribution in [0.3, 0.4) is 0 Å². The first-order valence-corrected chi connectivity index (χ1v) is 9.00. The van der Waals surface area contributed by atoms with Crippen LogP contribution in [-0.4, -0.2) is 21.6 Å². The number of benzene rings is 2. The van der Waals surface area contributed by atoms with Gasteiger partial charge in [0, 0.05) is 15.7 Å². The van der Waals surface area contributed by atoms with E-state index in [4.69, 9.17) is 0 Å². The first kappa shape index (κ1) is 17.4. The summed E-state index contributed by atoms with van der Waals surface area (Å²) >= 11 is 3.34. The van der Waals surface area contributed by atoms with E-state index in [0.717, 1.165) is 10.0 Å². The summed E-state index contributed by atoms with van der Waals surface area (Å²) in [5, 5.41) is 9.79. The van der Waals surface area contributed by atoms with Crippen molar-refractivity contribution in [2.45, 2.75) is 12.5 Å². The molecule has 0 radical (unpaired) electrons. The van der Waals surface area contributed by atoms with Crippen LogP contribution in [0.1, 0.15) is 12.5 Å². The molecule has 27 heavy (non-hydrogen) atoms. The number of nitrogens with one attached hydrogen (secondary N) is 2. The molecule has 2 aromatic carbocycles. The van der Waals surface area contributed by atoms with Crippen LogP contribution in [0.25, 0.3) is 11.1 Å². The summed E-state index contributed by atoms with van der Waals surface area (Å²) in [4.78, 5) is 24.7. The van der Waals surface area contributed by atoms with Crippen molar-refractivity contribution in [3.05, 3.63) is 65.0 Å². The second kappa shape index (κ2) is 6.96. The molecule has 0 saturated carbocycles. The monoisotopic (exact) mass is 428 g/mol. The maximum Gasteiger partial charge on any atom is 0.251 e. The number of amides is 2. The number of carbonyl (C=O) groups is 2. The molecule has 1 aromatic heterocycles. The quantitative estimate of drug-likeness (QED) is 0.659. The molecule has 1 unspecified atom stereocenters. The van der Waals surface area contributed by atoms with Crippen molar-refractivity contribution in [2.75, 3.05) is 10.6 Å². The second-order valence-corrected chi connectivity index (χ2v) is 7.04. The van der Waals surface area contributed by atoms with Gasteiger partial charge in [0.2, 0.25) is 5.91 Å². The summed E-state index contributed by atoms with van der Waals surface area (Å²) in [5.41, 5.74) is 2.06. The largest absolute Gasteiger partial charge is 0.326 e. The minimum Gasteiger partial charge on any atom is -0.326 e. The van der Waals surface area contributed by atoms with Crippen LogP contribution in [0.4, 0.5) is 15.9 Å². The summed E-state index contributed by atoms with van der Waals surface area (Å²) in [6, 6.07) is 12.4. The van der Waals surface area contributed by atoms with Crippen LogP contribution >= 0.6 is 15.9 Å². The lowest BCUT2D eigenvalue weighted by Gasteiger charge is -2.10. The van der Waals surface area contributed by atoms with Gasteiger partial charge >= 0.3 is 0 Å². The molecule has 6 nitrogen and oxygen atoms in total. The van der Waals surface area contributed by atoms with Gasteiger partial charge in [0.15, 0.2) is 0 Å². The van der Waals surface area contributed by atoms with E-state index in [-0.39, 0.29) is 24.1 Å². The molecule has 8 heteroatoms. The molecule has 136 valence electrons. The third-order valence-electron chi connectivity index (χ3n) is 4.30. The number of aromatic nitrogens is 2. The van der Waals surface area contributed by atoms with E-state index in [9.17, 15) is 14.0 Å². The van der Waals surface area contributed by atoms with Crippen LogP contribution in [0.5, 0.6) is 0 Å². The lowest BCUT2D eigenvalue weighted by atomic mass is 10.1. The number of rotatable bonds is 4. The number of halogens is 2. The van der Waals surface area contributed by atoms with Crippen LogP contribution in [0.2, 0.25) is 0 Å². The topological polar surface area (TPSA) is 76.0 Å². The van der Waals surface area contributed by atoms with Crippen molar-refractivity contribution >= 4 is 39.2 Å². The standard InChI is InChI=1S/C19H14BrFN4O2/c20-12-3-7-14(8-4-12)23-17(26)9-16-19(27)24-18-15(10-22-25(16)18)11-1-5-13(21)6-2-11/h1-8,10,16H,9H2,(H,23,26)(H,24,27). The van der Waals surface area contributed by atoms with Crippen molar-refractivity contribution in [2.24, 2.45) is 0 Å². The molecular weight excluding hydrogens is 415 g/mol. The fourth-order valence-corrected chi connectivity index (χ4v) is 3.24. The Bertz CT molecular complexity index is 1020. The van der Waals surface area contributed by atoms with Gasteiger partial charge in [-0.3, -0.25) is 9.59 Å². The number of carbonyl (C=O) groups excluding carboxylic acids is 2. The van der Waals surface area contributed by atoms with Crippen molar-refractivity contribution in [1.82, 2.24) is 9.78 Å². The van der Waals surface area contributed by atoms with Gasteiger partial charge in [-0.15, -0.1) is 0 Å². The molecule has 3 aromatic rings. The fraction of sp³-hybridized carbons (Fsp3) is 0.105. The number of nitrogens with zero attached hydrogens (tertiary/aromatic N) is 2. The van der Waals surface area contributed by atoms with Crippen molar-refractivity contribution in [1.29, 1.82) is 0 Å². The minimum atomic E-state index is -0.732. The van der Waals surface area contributed by atoms with E-state index in [1.165, 1.54) is 16.8 Å². The van der Waals surface area contributed by atoms with E-state index in [0.29, 0.717) is 17.1 Å². The van der Waals surface area contributed by atoms with Gasteiger partial charge in [-0.05, 0) is 42.0 Å².